The quantitative estimate of drug-likeness (QED) is 0.132. The number of anilines is 5. The van der Waals surface area contributed by atoms with Crippen LogP contribution >= 0.6 is 18.7 Å². The average Bonchev–Trinajstić information content (AvgIpc) is 3.60. The van der Waals surface area contributed by atoms with Crippen LogP contribution in [0.4, 0.5) is 33.6 Å². The number of halogens is 1. The molecule has 0 aliphatic carbocycles. The highest BCUT2D eigenvalue weighted by Gasteiger charge is 2.27. The zero-order valence-electron chi connectivity index (χ0n) is 30.9. The first-order valence-electron chi connectivity index (χ1n) is 18.0. The highest BCUT2D eigenvalue weighted by molar-refractivity contribution is 7.71. The van der Waals surface area contributed by atoms with E-state index >= 15 is 0 Å². The third-order valence-electron chi connectivity index (χ3n) is 10.2. The number of hydrogen-bond donors (Lipinski definition) is 3. The van der Waals surface area contributed by atoms with E-state index in [0.29, 0.717) is 58.3 Å². The first kappa shape index (κ1) is 37.3. The van der Waals surface area contributed by atoms with Crippen molar-refractivity contribution in [3.63, 3.8) is 0 Å². The molecule has 0 radical (unpaired) electrons. The average molecular weight is 774 g/mol. The lowest BCUT2D eigenvalue weighted by atomic mass is 9.93. The lowest BCUT2D eigenvalue weighted by Gasteiger charge is -2.38. The maximum absolute atomic E-state index is 13.5. The Bertz CT molecular complexity index is 2200. The lowest BCUT2D eigenvalue weighted by molar-refractivity contribution is 0.119. The largest absolute Gasteiger partial charge is 0.494 e. The van der Waals surface area contributed by atoms with Gasteiger partial charge in [0.2, 0.25) is 5.95 Å². The van der Waals surface area contributed by atoms with Gasteiger partial charge in [-0.05, 0) is 63.3 Å². The van der Waals surface area contributed by atoms with E-state index in [1.54, 1.807) is 37.5 Å². The molecule has 17 heteroatoms. The van der Waals surface area contributed by atoms with Gasteiger partial charge in [-0.25, -0.2) is 9.78 Å². The minimum absolute atomic E-state index is 0.283. The van der Waals surface area contributed by atoms with Gasteiger partial charge in [0, 0.05) is 87.8 Å². The number of amides is 1. The fraction of sp³-hybridized carbons (Fsp3) is 0.405. The van der Waals surface area contributed by atoms with E-state index in [1.807, 2.05) is 43.7 Å². The van der Waals surface area contributed by atoms with Crippen LogP contribution in [0.15, 0.2) is 55.2 Å². The molecule has 0 spiro atoms. The Balaban J connectivity index is 1.11. The van der Waals surface area contributed by atoms with E-state index in [9.17, 15) is 14.5 Å². The number of nitrogens with zero attached hydrogens (tertiary/aromatic N) is 9. The number of piperidine rings is 1. The Hall–Kier alpha value is -4.98. The first-order chi connectivity index (χ1) is 26.0. The summed E-state index contributed by atoms with van der Waals surface area (Å²) in [5, 5.41) is 21.2. The van der Waals surface area contributed by atoms with Gasteiger partial charge in [-0.2, -0.15) is 10.1 Å². The molecule has 2 fully saturated rings. The molecule has 1 amide bonds. The Labute approximate surface area is 319 Å². The van der Waals surface area contributed by atoms with Crippen LogP contribution in [0.3, 0.4) is 0 Å². The van der Waals surface area contributed by atoms with Crippen molar-refractivity contribution in [1.29, 1.82) is 0 Å². The van der Waals surface area contributed by atoms with Crippen molar-refractivity contribution in [2.75, 3.05) is 81.8 Å². The number of piperazine rings is 1. The smallest absolute Gasteiger partial charge is 0.407 e. The minimum Gasteiger partial charge on any atom is -0.494 e. The molecular formula is C37H45ClN11O4P. The number of hydrogen-bond acceptors (Lipinski definition) is 12. The highest BCUT2D eigenvalue weighted by atomic mass is 35.5. The molecule has 284 valence electrons. The topological polar surface area (TPSA) is 167 Å². The third-order valence-corrected chi connectivity index (χ3v) is 12.0. The van der Waals surface area contributed by atoms with Gasteiger partial charge >= 0.3 is 6.09 Å². The van der Waals surface area contributed by atoms with Crippen LogP contribution in [0.5, 0.6) is 5.75 Å². The van der Waals surface area contributed by atoms with E-state index in [-0.39, 0.29) is 11.0 Å². The summed E-state index contributed by atoms with van der Waals surface area (Å²) in [7, 11) is 0.725. The van der Waals surface area contributed by atoms with Crippen LogP contribution in [-0.2, 0) is 11.6 Å². The Morgan fingerprint density at radius 2 is 1.76 bits per heavy atom. The molecule has 0 saturated carbocycles. The number of aryl methyl sites for hydroxylation is 1. The summed E-state index contributed by atoms with van der Waals surface area (Å²) in [4.78, 5) is 35.8. The van der Waals surface area contributed by atoms with Gasteiger partial charge in [0.1, 0.15) is 23.4 Å². The van der Waals surface area contributed by atoms with E-state index in [4.69, 9.17) is 21.3 Å². The zero-order valence-corrected chi connectivity index (χ0v) is 32.5. The minimum atomic E-state index is -2.81. The summed E-state index contributed by atoms with van der Waals surface area (Å²) < 4.78 is 21.2. The molecule has 5 heterocycles. The van der Waals surface area contributed by atoms with Crippen LogP contribution in [0, 0.1) is 5.92 Å². The lowest BCUT2D eigenvalue weighted by Crippen LogP contribution is -2.47. The van der Waals surface area contributed by atoms with Crippen LogP contribution in [0.2, 0.25) is 5.02 Å². The third kappa shape index (κ3) is 8.23. The van der Waals surface area contributed by atoms with Crippen LogP contribution in [-0.4, -0.2) is 117 Å². The van der Waals surface area contributed by atoms with Gasteiger partial charge < -0.3 is 34.8 Å². The van der Waals surface area contributed by atoms with Crippen LogP contribution in [0.25, 0.3) is 22.2 Å². The van der Waals surface area contributed by atoms with Crippen molar-refractivity contribution in [3.05, 3.63) is 60.3 Å². The molecule has 2 aromatic carbocycles. The predicted molar refractivity (Wildman–Crippen MR) is 213 cm³/mol. The molecule has 5 aromatic rings. The molecule has 15 nitrogen and oxygen atoms in total. The van der Waals surface area contributed by atoms with Crippen molar-refractivity contribution in [2.24, 2.45) is 13.0 Å². The summed E-state index contributed by atoms with van der Waals surface area (Å²) in [6.45, 7) is 9.21. The van der Waals surface area contributed by atoms with Crippen molar-refractivity contribution in [3.8, 4) is 16.9 Å². The maximum Gasteiger partial charge on any atom is 0.407 e. The zero-order chi connectivity index (χ0) is 38.0. The molecule has 2 aliphatic rings. The predicted octanol–water partition coefficient (Wildman–Crippen LogP) is 6.12. The number of rotatable bonds is 11. The molecule has 0 unspecified atom stereocenters. The number of fused-ring (bicyclic) bond motifs is 1. The van der Waals surface area contributed by atoms with E-state index in [1.165, 1.54) is 11.1 Å². The molecule has 54 heavy (non-hydrogen) atoms. The number of nitrogens with one attached hydrogen (secondary N) is 2. The summed E-state index contributed by atoms with van der Waals surface area (Å²) in [5.41, 5.74) is 5.43. The molecule has 0 bridgehead atoms. The second-order valence-electron chi connectivity index (χ2n) is 14.2. The number of methoxy groups -OCH3 is 1. The molecular weight excluding hydrogens is 729 g/mol. The van der Waals surface area contributed by atoms with E-state index in [2.05, 4.69) is 40.5 Å². The Morgan fingerprint density at radius 1 is 1.00 bits per heavy atom. The molecule has 3 N–H and O–H groups in total. The van der Waals surface area contributed by atoms with E-state index in [0.717, 1.165) is 68.8 Å². The van der Waals surface area contributed by atoms with Gasteiger partial charge in [-0.3, -0.25) is 19.5 Å². The fourth-order valence-electron chi connectivity index (χ4n) is 7.31. The molecule has 7 rings (SSSR count). The van der Waals surface area contributed by atoms with Crippen molar-refractivity contribution in [1.82, 2.24) is 39.5 Å². The second-order valence-corrected chi connectivity index (χ2v) is 17.7. The molecule has 3 aromatic heterocycles. The summed E-state index contributed by atoms with van der Waals surface area (Å²) in [6, 6.07) is 7.72. The van der Waals surface area contributed by atoms with Crippen molar-refractivity contribution in [2.45, 2.75) is 19.3 Å². The van der Waals surface area contributed by atoms with Gasteiger partial charge in [-0.15, -0.1) is 0 Å². The number of benzene rings is 2. The van der Waals surface area contributed by atoms with Gasteiger partial charge in [0.15, 0.2) is 5.82 Å². The number of likely N-dealkylation sites (tertiary alicyclic amines) is 1. The number of aromatic nitrogens is 6. The number of ether oxygens (including phenoxy) is 1. The SMILES string of the molecule is COc1cc(N2CCN(CCC3CCN(C(=O)O)CC3)CC2)c(-c2cnn(C)c2)cc1Nc1ncc(Cl)c(Nc2ccc3nccnc3c2P(C)(C)=O)n1. The molecule has 2 saturated heterocycles. The first-order valence-corrected chi connectivity index (χ1v) is 21.0. The normalized spacial score (nSPS) is 15.8. The van der Waals surface area contributed by atoms with Gasteiger partial charge in [0.25, 0.3) is 0 Å². The summed E-state index contributed by atoms with van der Waals surface area (Å²) in [6.07, 6.45) is 10.7. The second kappa shape index (κ2) is 15.8. The van der Waals surface area contributed by atoms with Gasteiger partial charge in [-0.1, -0.05) is 11.6 Å². The van der Waals surface area contributed by atoms with Crippen LogP contribution < -0.4 is 25.6 Å². The van der Waals surface area contributed by atoms with Crippen molar-refractivity contribution < 1.29 is 19.2 Å². The standard InChI is InChI=1S/C37H45ClN11O4P/c1-46-23-25(21-42-46)26-19-30(32(53-2)20-31(26)48-17-15-47(16-18-48)12-7-24-8-13-49(14-9-24)37(50)51)44-36-41-22-27(38)35(45-36)43-29-6-5-28-33(40-11-10-39-28)34(29)54(3,4)52/h5-6,10-11,19-24H,7-9,12-18H2,1-4H3,(H,50,51)(H2,41,43,44,45). The Kier molecular flexibility index (Phi) is 10.9. The Morgan fingerprint density at radius 3 is 2.44 bits per heavy atom. The maximum atomic E-state index is 13.5. The summed E-state index contributed by atoms with van der Waals surface area (Å²) >= 11 is 6.62. The van der Waals surface area contributed by atoms with Crippen molar-refractivity contribution >= 4 is 70.0 Å². The molecule has 0 atom stereocenters. The number of carbonyl (C=O) groups is 1. The number of carboxylic acid groups (broad SMARTS) is 1. The molecule has 2 aliphatic heterocycles. The van der Waals surface area contributed by atoms with E-state index < -0.39 is 13.2 Å². The highest BCUT2D eigenvalue weighted by Crippen LogP contribution is 2.43. The summed E-state index contributed by atoms with van der Waals surface area (Å²) in [5.74, 6) is 1.80. The monoisotopic (exact) mass is 773 g/mol. The fourth-order valence-corrected chi connectivity index (χ4v) is 8.84. The van der Waals surface area contributed by atoms with Crippen LogP contribution in [0.1, 0.15) is 19.3 Å². The van der Waals surface area contributed by atoms with Gasteiger partial charge in [0.05, 0.1) is 41.7 Å².